The molecule has 0 aliphatic carbocycles. The zero-order valence-corrected chi connectivity index (χ0v) is 13.4. The first-order chi connectivity index (χ1) is 9.76. The summed E-state index contributed by atoms with van der Waals surface area (Å²) in [4.78, 5) is 2.72. The lowest BCUT2D eigenvalue weighted by molar-refractivity contribution is 0.154. The van der Waals surface area contributed by atoms with E-state index < -0.39 is 0 Å². The summed E-state index contributed by atoms with van der Waals surface area (Å²) in [5, 5.41) is 3.41. The molecule has 2 nitrogen and oxygen atoms in total. The highest BCUT2D eigenvalue weighted by Crippen LogP contribution is 2.35. The van der Waals surface area contributed by atoms with E-state index in [-0.39, 0.29) is 0 Å². The third kappa shape index (κ3) is 3.83. The number of hydrogen-bond acceptors (Lipinski definition) is 2. The van der Waals surface area contributed by atoms with Crippen molar-refractivity contribution in [2.45, 2.75) is 45.6 Å². The van der Waals surface area contributed by atoms with Gasteiger partial charge in [-0.1, -0.05) is 43.2 Å². The summed E-state index contributed by atoms with van der Waals surface area (Å²) in [6.45, 7) is 8.07. The molecule has 1 aliphatic rings. The number of rotatable bonds is 5. The molecule has 0 amide bonds. The van der Waals surface area contributed by atoms with Crippen LogP contribution in [0.5, 0.6) is 0 Å². The quantitative estimate of drug-likeness (QED) is 0.879. The van der Waals surface area contributed by atoms with Crippen molar-refractivity contribution in [2.24, 2.45) is 5.92 Å². The minimum atomic E-state index is 0.588. The van der Waals surface area contributed by atoms with E-state index in [1.165, 1.54) is 49.9 Å². The van der Waals surface area contributed by atoms with E-state index >= 15 is 0 Å². The molecule has 0 saturated carbocycles. The second-order valence-corrected chi connectivity index (χ2v) is 6.21. The van der Waals surface area contributed by atoms with E-state index in [9.17, 15) is 0 Å². The maximum atomic E-state index is 3.41. The molecule has 1 N–H and O–H groups in total. The predicted octanol–water partition coefficient (Wildman–Crippen LogP) is 3.77. The molecule has 0 radical (unpaired) electrons. The molecule has 2 unspecified atom stereocenters. The first kappa shape index (κ1) is 15.5. The van der Waals surface area contributed by atoms with Gasteiger partial charge in [0.25, 0.3) is 0 Å². The van der Waals surface area contributed by atoms with E-state index in [0.717, 1.165) is 12.5 Å². The van der Waals surface area contributed by atoms with E-state index in [1.807, 2.05) is 0 Å². The average molecular weight is 274 g/mol. The van der Waals surface area contributed by atoms with Crippen LogP contribution in [0.3, 0.4) is 0 Å². The Balaban J connectivity index is 2.28. The minimum absolute atomic E-state index is 0.588. The Morgan fingerprint density at radius 3 is 2.60 bits per heavy atom. The molecule has 0 spiro atoms. The summed E-state index contributed by atoms with van der Waals surface area (Å²) < 4.78 is 0. The van der Waals surface area contributed by atoms with Crippen LogP contribution in [0.4, 0.5) is 0 Å². The first-order valence-corrected chi connectivity index (χ1v) is 8.21. The van der Waals surface area contributed by atoms with Crippen LogP contribution in [0.1, 0.15) is 49.8 Å². The smallest absolute Gasteiger partial charge is 0.0388 e. The van der Waals surface area contributed by atoms with Crippen LogP contribution in [0.2, 0.25) is 0 Å². The van der Waals surface area contributed by atoms with Crippen LogP contribution in [0, 0.1) is 12.8 Å². The predicted molar refractivity (Wildman–Crippen MR) is 87.1 cm³/mol. The number of nitrogens with one attached hydrogen (secondary N) is 1. The van der Waals surface area contributed by atoms with Crippen molar-refractivity contribution in [3.05, 3.63) is 35.4 Å². The van der Waals surface area contributed by atoms with Gasteiger partial charge in [0.15, 0.2) is 0 Å². The van der Waals surface area contributed by atoms with Crippen molar-refractivity contribution >= 4 is 0 Å². The molecular formula is C18H30N2. The maximum Gasteiger partial charge on any atom is 0.0388 e. The molecule has 0 aromatic heterocycles. The van der Waals surface area contributed by atoms with Gasteiger partial charge in [0, 0.05) is 6.04 Å². The van der Waals surface area contributed by atoms with Crippen LogP contribution < -0.4 is 5.32 Å². The van der Waals surface area contributed by atoms with Gasteiger partial charge >= 0.3 is 0 Å². The molecule has 1 aromatic carbocycles. The van der Waals surface area contributed by atoms with Crippen molar-refractivity contribution in [1.29, 1.82) is 0 Å². The summed E-state index contributed by atoms with van der Waals surface area (Å²) in [5.41, 5.74) is 2.86. The zero-order chi connectivity index (χ0) is 14.4. The Morgan fingerprint density at radius 2 is 1.95 bits per heavy atom. The van der Waals surface area contributed by atoms with Gasteiger partial charge in [-0.05, 0) is 64.3 Å². The fraction of sp³-hybridized carbons (Fsp3) is 0.667. The van der Waals surface area contributed by atoms with Gasteiger partial charge < -0.3 is 5.32 Å². The molecule has 20 heavy (non-hydrogen) atoms. The summed E-state index contributed by atoms with van der Waals surface area (Å²) in [6.07, 6.45) is 5.31. The van der Waals surface area contributed by atoms with Crippen molar-refractivity contribution in [3.63, 3.8) is 0 Å². The fourth-order valence-corrected chi connectivity index (χ4v) is 3.58. The van der Waals surface area contributed by atoms with Crippen molar-refractivity contribution in [2.75, 3.05) is 26.7 Å². The van der Waals surface area contributed by atoms with Gasteiger partial charge in [0.2, 0.25) is 0 Å². The zero-order valence-electron chi connectivity index (χ0n) is 13.4. The second kappa shape index (κ2) is 7.80. The van der Waals surface area contributed by atoms with Crippen molar-refractivity contribution in [3.8, 4) is 0 Å². The molecule has 1 saturated heterocycles. The van der Waals surface area contributed by atoms with E-state index in [1.54, 1.807) is 0 Å². The van der Waals surface area contributed by atoms with E-state index in [0.29, 0.717) is 6.04 Å². The number of nitrogens with zero attached hydrogens (tertiary/aromatic N) is 1. The van der Waals surface area contributed by atoms with Gasteiger partial charge in [-0.25, -0.2) is 0 Å². The molecule has 2 heteroatoms. The summed E-state index contributed by atoms with van der Waals surface area (Å²) in [5.74, 6) is 0.733. The lowest BCUT2D eigenvalue weighted by Crippen LogP contribution is -2.36. The highest BCUT2D eigenvalue weighted by Gasteiger charge is 2.29. The summed E-state index contributed by atoms with van der Waals surface area (Å²) in [7, 11) is 2.08. The largest absolute Gasteiger partial charge is 0.319 e. The van der Waals surface area contributed by atoms with Crippen LogP contribution in [-0.4, -0.2) is 31.6 Å². The molecule has 1 aliphatic heterocycles. The maximum absolute atomic E-state index is 3.41. The Morgan fingerprint density at radius 1 is 1.20 bits per heavy atom. The monoisotopic (exact) mass is 274 g/mol. The van der Waals surface area contributed by atoms with Crippen LogP contribution in [-0.2, 0) is 0 Å². The van der Waals surface area contributed by atoms with Gasteiger partial charge in [-0.3, -0.25) is 4.90 Å². The molecule has 2 rings (SSSR count). The number of likely N-dealkylation sites (tertiary alicyclic amines) is 1. The summed E-state index contributed by atoms with van der Waals surface area (Å²) >= 11 is 0. The molecule has 1 aromatic rings. The Kier molecular flexibility index (Phi) is 6.06. The Bertz CT molecular complexity index is 369. The highest BCUT2D eigenvalue weighted by atomic mass is 15.2. The van der Waals surface area contributed by atoms with Gasteiger partial charge in [0.1, 0.15) is 0 Å². The van der Waals surface area contributed by atoms with Gasteiger partial charge in [-0.2, -0.15) is 0 Å². The lowest BCUT2D eigenvalue weighted by Gasteiger charge is -2.35. The van der Waals surface area contributed by atoms with Crippen LogP contribution in [0.25, 0.3) is 0 Å². The van der Waals surface area contributed by atoms with Gasteiger partial charge in [-0.15, -0.1) is 0 Å². The number of hydrogen-bond donors (Lipinski definition) is 1. The third-order valence-corrected chi connectivity index (χ3v) is 4.51. The average Bonchev–Trinajstić information content (AvgIpc) is 2.64. The normalized spacial score (nSPS) is 24.6. The SMILES string of the molecule is CCCN1CCCCC(CNC)C1c1ccc(C)cc1. The van der Waals surface area contributed by atoms with Gasteiger partial charge in [0.05, 0.1) is 0 Å². The summed E-state index contributed by atoms with van der Waals surface area (Å²) in [6, 6.07) is 9.81. The minimum Gasteiger partial charge on any atom is -0.319 e. The topological polar surface area (TPSA) is 15.3 Å². The van der Waals surface area contributed by atoms with E-state index in [2.05, 4.69) is 55.4 Å². The first-order valence-electron chi connectivity index (χ1n) is 8.21. The van der Waals surface area contributed by atoms with Crippen molar-refractivity contribution in [1.82, 2.24) is 10.2 Å². The molecule has 1 heterocycles. The Labute approximate surface area is 124 Å². The molecule has 0 bridgehead atoms. The fourth-order valence-electron chi connectivity index (χ4n) is 3.58. The highest BCUT2D eigenvalue weighted by molar-refractivity contribution is 5.25. The van der Waals surface area contributed by atoms with Crippen LogP contribution >= 0.6 is 0 Å². The van der Waals surface area contributed by atoms with Crippen LogP contribution in [0.15, 0.2) is 24.3 Å². The molecule has 2 atom stereocenters. The standard InChI is InChI=1S/C18H30N2/c1-4-12-20-13-6-5-7-17(14-19-3)18(20)16-10-8-15(2)9-11-16/h8-11,17-19H,4-7,12-14H2,1-3H3. The Hall–Kier alpha value is -0.860. The lowest BCUT2D eigenvalue weighted by atomic mass is 9.88. The number of aryl methyl sites for hydroxylation is 1. The number of benzene rings is 1. The molecule has 112 valence electrons. The second-order valence-electron chi connectivity index (χ2n) is 6.21. The molecule has 1 fully saturated rings. The van der Waals surface area contributed by atoms with Crippen molar-refractivity contribution < 1.29 is 0 Å². The van der Waals surface area contributed by atoms with E-state index in [4.69, 9.17) is 0 Å². The molecular weight excluding hydrogens is 244 g/mol. The third-order valence-electron chi connectivity index (χ3n) is 4.51.